The van der Waals surface area contributed by atoms with Gasteiger partial charge in [-0.2, -0.15) is 14.3 Å². The summed E-state index contributed by atoms with van der Waals surface area (Å²) >= 11 is 0. The molecule has 2 aliphatic rings. The lowest BCUT2D eigenvalue weighted by Gasteiger charge is -2.34. The Morgan fingerprint density at radius 2 is 1.83 bits per heavy atom. The summed E-state index contributed by atoms with van der Waals surface area (Å²) in [5, 5.41) is 4.52. The molecule has 166 valence electrons. The van der Waals surface area contributed by atoms with E-state index in [0.717, 1.165) is 67.8 Å². The maximum Gasteiger partial charge on any atom is 0.229 e. The number of hydrogen-bond acceptors (Lipinski definition) is 7. The standard InChI is InChI=1S/C20H33N7O2S/c1-3-14-30(28,29)27-12-10-25(11-13-27)9-6-21-18-17-15-16(2)22-19(17)24-20(23-18)26-7-4-5-8-26/h15H,3-14H2,1-2H3,(H2,21,22,23,24). The highest BCUT2D eigenvalue weighted by Gasteiger charge is 2.26. The molecular weight excluding hydrogens is 402 g/mol. The first kappa shape index (κ1) is 21.3. The Morgan fingerprint density at radius 1 is 1.10 bits per heavy atom. The van der Waals surface area contributed by atoms with Crippen LogP contribution >= 0.6 is 0 Å². The molecule has 2 aromatic heterocycles. The molecule has 2 fully saturated rings. The monoisotopic (exact) mass is 435 g/mol. The molecule has 0 radical (unpaired) electrons. The first-order valence-electron chi connectivity index (χ1n) is 11.0. The highest BCUT2D eigenvalue weighted by molar-refractivity contribution is 7.89. The van der Waals surface area contributed by atoms with Crippen LogP contribution in [0.25, 0.3) is 11.0 Å². The number of nitrogens with one attached hydrogen (secondary N) is 2. The summed E-state index contributed by atoms with van der Waals surface area (Å²) in [7, 11) is -3.09. The number of nitrogens with zero attached hydrogens (tertiary/aromatic N) is 5. The number of anilines is 2. The average Bonchev–Trinajstić information content (AvgIpc) is 3.37. The topological polar surface area (TPSA) is 97.5 Å². The van der Waals surface area contributed by atoms with Crippen molar-refractivity contribution in [1.82, 2.24) is 24.2 Å². The van der Waals surface area contributed by atoms with Crippen molar-refractivity contribution in [3.05, 3.63) is 11.8 Å². The molecule has 10 heteroatoms. The lowest BCUT2D eigenvalue weighted by Crippen LogP contribution is -2.50. The second kappa shape index (κ2) is 9.07. The van der Waals surface area contributed by atoms with Gasteiger partial charge in [0.2, 0.25) is 16.0 Å². The molecule has 2 saturated heterocycles. The van der Waals surface area contributed by atoms with E-state index in [4.69, 9.17) is 9.97 Å². The van der Waals surface area contributed by atoms with Crippen LogP contribution in [0.4, 0.5) is 11.8 Å². The lowest BCUT2D eigenvalue weighted by atomic mass is 10.3. The van der Waals surface area contributed by atoms with E-state index in [1.165, 1.54) is 12.8 Å². The molecular formula is C20H33N7O2S. The van der Waals surface area contributed by atoms with Crippen LogP contribution in [0.5, 0.6) is 0 Å². The first-order valence-corrected chi connectivity index (χ1v) is 12.6. The van der Waals surface area contributed by atoms with Gasteiger partial charge in [-0.05, 0) is 32.3 Å². The van der Waals surface area contributed by atoms with Crippen LogP contribution in [-0.2, 0) is 10.0 Å². The smallest absolute Gasteiger partial charge is 0.229 e. The quantitative estimate of drug-likeness (QED) is 0.650. The normalized spacial score (nSPS) is 19.1. The van der Waals surface area contributed by atoms with Gasteiger partial charge in [-0.15, -0.1) is 0 Å². The van der Waals surface area contributed by atoms with Crippen molar-refractivity contribution in [2.45, 2.75) is 33.1 Å². The lowest BCUT2D eigenvalue weighted by molar-refractivity contribution is 0.194. The summed E-state index contributed by atoms with van der Waals surface area (Å²) in [6.07, 6.45) is 3.04. The molecule has 0 bridgehead atoms. The molecule has 0 spiro atoms. The highest BCUT2D eigenvalue weighted by atomic mass is 32.2. The summed E-state index contributed by atoms with van der Waals surface area (Å²) in [6.45, 7) is 10.3. The number of sulfonamides is 1. The number of fused-ring (bicyclic) bond motifs is 1. The van der Waals surface area contributed by atoms with E-state index in [2.05, 4.69) is 26.2 Å². The molecule has 4 rings (SSSR count). The fourth-order valence-corrected chi connectivity index (χ4v) is 5.77. The van der Waals surface area contributed by atoms with Crippen molar-refractivity contribution in [1.29, 1.82) is 0 Å². The van der Waals surface area contributed by atoms with E-state index in [1.54, 1.807) is 4.31 Å². The summed E-state index contributed by atoms with van der Waals surface area (Å²) in [4.78, 5) is 17.5. The molecule has 0 saturated carbocycles. The molecule has 0 aromatic carbocycles. The molecule has 4 heterocycles. The number of rotatable bonds is 8. The molecule has 0 atom stereocenters. The largest absolute Gasteiger partial charge is 0.368 e. The maximum absolute atomic E-state index is 12.2. The highest BCUT2D eigenvalue weighted by Crippen LogP contribution is 2.26. The third kappa shape index (κ3) is 4.70. The Balaban J connectivity index is 1.36. The zero-order valence-electron chi connectivity index (χ0n) is 18.0. The van der Waals surface area contributed by atoms with E-state index in [9.17, 15) is 8.42 Å². The van der Waals surface area contributed by atoms with E-state index >= 15 is 0 Å². The maximum atomic E-state index is 12.2. The van der Waals surface area contributed by atoms with E-state index in [-0.39, 0.29) is 5.75 Å². The van der Waals surface area contributed by atoms with Gasteiger partial charge < -0.3 is 15.2 Å². The van der Waals surface area contributed by atoms with Crippen molar-refractivity contribution >= 4 is 32.8 Å². The van der Waals surface area contributed by atoms with Crippen LogP contribution < -0.4 is 10.2 Å². The second-order valence-corrected chi connectivity index (χ2v) is 10.4. The second-order valence-electron chi connectivity index (χ2n) is 8.26. The number of aromatic nitrogens is 3. The van der Waals surface area contributed by atoms with Crippen LogP contribution in [-0.4, -0.2) is 90.7 Å². The predicted octanol–water partition coefficient (Wildman–Crippen LogP) is 1.64. The van der Waals surface area contributed by atoms with Crippen LogP contribution in [0.15, 0.2) is 6.07 Å². The molecule has 30 heavy (non-hydrogen) atoms. The number of H-pyrrole nitrogens is 1. The molecule has 2 aliphatic heterocycles. The Bertz CT molecular complexity index is 961. The van der Waals surface area contributed by atoms with Gasteiger partial charge >= 0.3 is 0 Å². The Kier molecular flexibility index (Phi) is 6.45. The average molecular weight is 436 g/mol. The number of piperazine rings is 1. The summed E-state index contributed by atoms with van der Waals surface area (Å²) in [5.41, 5.74) is 1.95. The van der Waals surface area contributed by atoms with Crippen LogP contribution in [0.2, 0.25) is 0 Å². The Hall–Kier alpha value is -1.91. The molecule has 9 nitrogen and oxygen atoms in total. The van der Waals surface area contributed by atoms with E-state index < -0.39 is 10.0 Å². The van der Waals surface area contributed by atoms with Gasteiger partial charge in [0.15, 0.2) is 0 Å². The van der Waals surface area contributed by atoms with Crippen molar-refractivity contribution in [2.75, 3.05) is 68.3 Å². The SMILES string of the molecule is CCCS(=O)(=O)N1CCN(CCNc2nc(N3CCCC3)nc3[nH]c(C)cc23)CC1. The third-order valence-corrected chi connectivity index (χ3v) is 7.98. The van der Waals surface area contributed by atoms with Crippen LogP contribution in [0, 0.1) is 6.92 Å². The molecule has 0 amide bonds. The minimum Gasteiger partial charge on any atom is -0.368 e. The predicted molar refractivity (Wildman–Crippen MR) is 121 cm³/mol. The van der Waals surface area contributed by atoms with Gasteiger partial charge in [0.25, 0.3) is 0 Å². The van der Waals surface area contributed by atoms with E-state index in [1.807, 2.05) is 13.8 Å². The van der Waals surface area contributed by atoms with Crippen LogP contribution in [0.3, 0.4) is 0 Å². The third-order valence-electron chi connectivity index (χ3n) is 5.91. The number of aryl methyl sites for hydroxylation is 1. The Labute approximate surface area is 178 Å². The minimum atomic E-state index is -3.09. The van der Waals surface area contributed by atoms with Gasteiger partial charge in [-0.3, -0.25) is 4.90 Å². The molecule has 2 aromatic rings. The van der Waals surface area contributed by atoms with Crippen molar-refractivity contribution in [2.24, 2.45) is 0 Å². The van der Waals surface area contributed by atoms with Crippen molar-refractivity contribution in [3.8, 4) is 0 Å². The van der Waals surface area contributed by atoms with E-state index in [0.29, 0.717) is 19.5 Å². The summed E-state index contributed by atoms with van der Waals surface area (Å²) < 4.78 is 26.1. The minimum absolute atomic E-state index is 0.244. The zero-order valence-corrected chi connectivity index (χ0v) is 18.8. The molecule has 2 N–H and O–H groups in total. The van der Waals surface area contributed by atoms with Gasteiger partial charge in [0.1, 0.15) is 11.5 Å². The van der Waals surface area contributed by atoms with Gasteiger partial charge in [0.05, 0.1) is 11.1 Å². The van der Waals surface area contributed by atoms with Crippen molar-refractivity contribution in [3.63, 3.8) is 0 Å². The Morgan fingerprint density at radius 3 is 2.53 bits per heavy atom. The number of aromatic amines is 1. The van der Waals surface area contributed by atoms with Gasteiger partial charge in [-0.25, -0.2) is 8.42 Å². The van der Waals surface area contributed by atoms with Crippen molar-refractivity contribution < 1.29 is 8.42 Å². The van der Waals surface area contributed by atoms with Gasteiger partial charge in [0, 0.05) is 58.1 Å². The zero-order chi connectivity index (χ0) is 21.1. The fraction of sp³-hybridized carbons (Fsp3) is 0.700. The first-order chi connectivity index (χ1) is 14.5. The molecule has 0 aliphatic carbocycles. The van der Waals surface area contributed by atoms with Crippen LogP contribution in [0.1, 0.15) is 31.9 Å². The van der Waals surface area contributed by atoms with Gasteiger partial charge in [-0.1, -0.05) is 6.92 Å². The summed E-state index contributed by atoms with van der Waals surface area (Å²) in [5.74, 6) is 1.91. The molecule has 0 unspecified atom stereocenters. The summed E-state index contributed by atoms with van der Waals surface area (Å²) in [6, 6.07) is 2.09. The number of hydrogen-bond donors (Lipinski definition) is 2. The fourth-order valence-electron chi connectivity index (χ4n) is 4.27.